The zero-order valence-electron chi connectivity index (χ0n) is 19.5. The number of aliphatic hydroxyl groups excluding tert-OH is 1. The average molecular weight is 453 g/mol. The lowest BCUT2D eigenvalue weighted by atomic mass is 9.71. The molecule has 1 N–H and O–H groups in total. The van der Waals surface area contributed by atoms with Crippen molar-refractivity contribution in [3.05, 3.63) is 52.2 Å². The molecule has 0 saturated carbocycles. The van der Waals surface area contributed by atoms with Crippen molar-refractivity contribution in [1.82, 2.24) is 9.80 Å². The predicted octanol–water partition coefficient (Wildman–Crippen LogP) is 3.06. The van der Waals surface area contributed by atoms with E-state index in [1.165, 1.54) is 0 Å². The van der Waals surface area contributed by atoms with Gasteiger partial charge in [0.25, 0.3) is 0 Å². The van der Waals surface area contributed by atoms with Crippen LogP contribution in [-0.4, -0.2) is 59.6 Å². The summed E-state index contributed by atoms with van der Waals surface area (Å²) in [5, 5.41) is 11.0. The lowest BCUT2D eigenvalue weighted by molar-refractivity contribution is -0.148. The highest BCUT2D eigenvalue weighted by molar-refractivity contribution is 5.93. The first-order valence-corrected chi connectivity index (χ1v) is 11.8. The third kappa shape index (κ3) is 3.67. The lowest BCUT2D eigenvalue weighted by Crippen LogP contribution is -2.53. The molecule has 1 amide bonds. The Bertz CT molecular complexity index is 1050. The summed E-state index contributed by atoms with van der Waals surface area (Å²) in [6.45, 7) is 11.2. The minimum atomic E-state index is -0.591. The number of benzene rings is 1. The minimum Gasteiger partial charge on any atom is -0.489 e. The summed E-state index contributed by atoms with van der Waals surface area (Å²) >= 11 is 0. The Labute approximate surface area is 194 Å². The molecule has 4 aliphatic rings. The Balaban J connectivity index is 1.24. The maximum atomic E-state index is 13.5. The Morgan fingerprint density at radius 1 is 1.09 bits per heavy atom. The zero-order valence-corrected chi connectivity index (χ0v) is 19.5. The number of β-amino-alcohol motifs (C(OH)–C–C–N with tert-alkyl or cyclic N) is 1. The smallest absolute Gasteiger partial charge is 0.336 e. The molecule has 1 spiro atoms. The molecule has 0 aliphatic carbocycles. The molecule has 0 bridgehead atoms. The van der Waals surface area contributed by atoms with Crippen molar-refractivity contribution in [3.63, 3.8) is 0 Å². The van der Waals surface area contributed by atoms with Crippen molar-refractivity contribution >= 4 is 17.6 Å². The number of piperidine rings is 2. The van der Waals surface area contributed by atoms with Crippen LogP contribution in [-0.2, 0) is 25.7 Å². The summed E-state index contributed by atoms with van der Waals surface area (Å²) in [6, 6.07) is 3.97. The number of carbonyl (C=O) groups is 2. The SMILES string of the molecule is C=C1OCc2c1ccc(C(O)CN1CCC3(CCCN(C4=C(C)C(=O)OC4)C3=O)CC1)c2C. The topological polar surface area (TPSA) is 79.3 Å². The molecule has 33 heavy (non-hydrogen) atoms. The van der Waals surface area contributed by atoms with Gasteiger partial charge in [-0.25, -0.2) is 4.79 Å². The number of carbonyl (C=O) groups excluding carboxylic acids is 2. The number of amides is 1. The molecular formula is C26H32N2O5. The predicted molar refractivity (Wildman–Crippen MR) is 123 cm³/mol. The van der Waals surface area contributed by atoms with Crippen LogP contribution in [0.15, 0.2) is 30.0 Å². The number of rotatable bonds is 4. The van der Waals surface area contributed by atoms with E-state index in [-0.39, 0.29) is 23.9 Å². The van der Waals surface area contributed by atoms with Crippen LogP contribution >= 0.6 is 0 Å². The van der Waals surface area contributed by atoms with Gasteiger partial charge in [-0.3, -0.25) is 4.79 Å². The number of cyclic esters (lactones) is 1. The highest BCUT2D eigenvalue weighted by atomic mass is 16.5. The average Bonchev–Trinajstić information content (AvgIpc) is 3.35. The van der Waals surface area contributed by atoms with Gasteiger partial charge < -0.3 is 24.4 Å². The monoisotopic (exact) mass is 452 g/mol. The molecule has 1 unspecified atom stereocenters. The fourth-order valence-electron chi connectivity index (χ4n) is 5.87. The maximum Gasteiger partial charge on any atom is 0.336 e. The first kappa shape index (κ1) is 22.2. The molecular weight excluding hydrogens is 420 g/mol. The first-order chi connectivity index (χ1) is 15.8. The van der Waals surface area contributed by atoms with Gasteiger partial charge in [-0.2, -0.15) is 0 Å². The Morgan fingerprint density at radius 3 is 2.55 bits per heavy atom. The molecule has 1 atom stereocenters. The molecule has 7 heteroatoms. The van der Waals surface area contributed by atoms with Crippen molar-refractivity contribution in [3.8, 4) is 0 Å². The summed E-state index contributed by atoms with van der Waals surface area (Å²) in [5.74, 6) is 0.511. The second-order valence-corrected chi connectivity index (χ2v) is 9.82. The van der Waals surface area contributed by atoms with Crippen LogP contribution in [0.3, 0.4) is 0 Å². The van der Waals surface area contributed by atoms with E-state index in [1.54, 1.807) is 11.8 Å². The van der Waals surface area contributed by atoms with Crippen molar-refractivity contribution in [2.45, 2.75) is 52.2 Å². The van der Waals surface area contributed by atoms with E-state index < -0.39 is 6.10 Å². The zero-order chi connectivity index (χ0) is 23.3. The van der Waals surface area contributed by atoms with Crippen molar-refractivity contribution < 1.29 is 24.2 Å². The number of likely N-dealkylation sites (tertiary alicyclic amines) is 2. The van der Waals surface area contributed by atoms with Gasteiger partial charge in [0.1, 0.15) is 19.0 Å². The highest BCUT2D eigenvalue weighted by Gasteiger charge is 2.47. The van der Waals surface area contributed by atoms with Crippen LogP contribution < -0.4 is 0 Å². The van der Waals surface area contributed by atoms with E-state index in [1.807, 2.05) is 19.1 Å². The normalized spacial score (nSPS) is 23.7. The second kappa shape index (κ2) is 8.29. The number of esters is 1. The molecule has 1 aromatic rings. The number of ether oxygens (including phenoxy) is 2. The van der Waals surface area contributed by atoms with Crippen LogP contribution in [0, 0.1) is 12.3 Å². The summed E-state index contributed by atoms with van der Waals surface area (Å²) in [4.78, 5) is 29.4. The molecule has 0 aromatic heterocycles. The van der Waals surface area contributed by atoms with Crippen LogP contribution in [0.2, 0.25) is 0 Å². The van der Waals surface area contributed by atoms with Crippen LogP contribution in [0.4, 0.5) is 0 Å². The van der Waals surface area contributed by atoms with Gasteiger partial charge in [0.2, 0.25) is 5.91 Å². The highest BCUT2D eigenvalue weighted by Crippen LogP contribution is 2.43. The molecule has 7 nitrogen and oxygen atoms in total. The Morgan fingerprint density at radius 2 is 1.85 bits per heavy atom. The summed E-state index contributed by atoms with van der Waals surface area (Å²) in [5.41, 5.74) is 5.06. The van der Waals surface area contributed by atoms with Gasteiger partial charge in [-0.05, 0) is 63.7 Å². The van der Waals surface area contributed by atoms with Gasteiger partial charge in [0, 0.05) is 24.2 Å². The molecule has 176 valence electrons. The fourth-order valence-corrected chi connectivity index (χ4v) is 5.87. The Kier molecular flexibility index (Phi) is 5.57. The molecule has 4 heterocycles. The van der Waals surface area contributed by atoms with Crippen molar-refractivity contribution in [2.24, 2.45) is 5.41 Å². The molecule has 1 aromatic carbocycles. The Hall–Kier alpha value is -2.64. The summed E-state index contributed by atoms with van der Waals surface area (Å²) in [7, 11) is 0. The van der Waals surface area contributed by atoms with Crippen molar-refractivity contribution in [2.75, 3.05) is 32.8 Å². The number of aliphatic hydroxyl groups is 1. The maximum absolute atomic E-state index is 13.5. The summed E-state index contributed by atoms with van der Waals surface area (Å²) < 4.78 is 10.7. The third-order valence-corrected chi connectivity index (χ3v) is 8.08. The third-order valence-electron chi connectivity index (χ3n) is 8.08. The second-order valence-electron chi connectivity index (χ2n) is 9.82. The molecule has 5 rings (SSSR count). The molecule has 0 radical (unpaired) electrons. The van der Waals surface area contributed by atoms with Gasteiger partial charge >= 0.3 is 5.97 Å². The van der Waals surface area contributed by atoms with Gasteiger partial charge in [0.05, 0.1) is 22.8 Å². The first-order valence-electron chi connectivity index (χ1n) is 11.8. The van der Waals surface area contributed by atoms with Gasteiger partial charge in [0.15, 0.2) is 0 Å². The largest absolute Gasteiger partial charge is 0.489 e. The number of hydrogen-bond donors (Lipinski definition) is 1. The molecule has 2 saturated heterocycles. The minimum absolute atomic E-state index is 0.135. The van der Waals surface area contributed by atoms with Crippen LogP contribution in [0.5, 0.6) is 0 Å². The summed E-state index contributed by atoms with van der Waals surface area (Å²) in [6.07, 6.45) is 2.76. The van der Waals surface area contributed by atoms with Crippen molar-refractivity contribution in [1.29, 1.82) is 0 Å². The van der Waals surface area contributed by atoms with Gasteiger partial charge in [-0.15, -0.1) is 0 Å². The standard InChI is InChI=1S/C26H32N2O5/c1-16-19(5-6-20-18(3)32-14-21(16)20)23(29)13-27-11-8-26(9-12-27)7-4-10-28(25(26)31)22-15-33-24(30)17(22)2/h5-6,23,29H,3-4,7-15H2,1-2H3. The number of hydrogen-bond acceptors (Lipinski definition) is 6. The number of nitrogens with zero attached hydrogens (tertiary/aromatic N) is 2. The van der Waals surface area contributed by atoms with E-state index in [0.29, 0.717) is 31.0 Å². The van der Waals surface area contributed by atoms with E-state index in [4.69, 9.17) is 9.47 Å². The lowest BCUT2D eigenvalue weighted by Gasteiger charge is -2.46. The van der Waals surface area contributed by atoms with E-state index in [0.717, 1.165) is 66.7 Å². The molecule has 4 aliphatic heterocycles. The van der Waals surface area contributed by atoms with E-state index in [9.17, 15) is 14.7 Å². The van der Waals surface area contributed by atoms with Crippen LogP contribution in [0.1, 0.15) is 61.0 Å². The van der Waals surface area contributed by atoms with Gasteiger partial charge in [-0.1, -0.05) is 18.7 Å². The quantitative estimate of drug-likeness (QED) is 0.708. The fraction of sp³-hybridized carbons (Fsp3) is 0.538. The van der Waals surface area contributed by atoms with E-state index in [2.05, 4.69) is 11.5 Å². The van der Waals surface area contributed by atoms with E-state index >= 15 is 0 Å². The van der Waals surface area contributed by atoms with Crippen LogP contribution in [0.25, 0.3) is 5.76 Å². The number of fused-ring (bicyclic) bond motifs is 1. The molecule has 2 fully saturated rings.